The number of benzene rings is 2. The summed E-state index contributed by atoms with van der Waals surface area (Å²) in [5.41, 5.74) is 1.71. The predicted molar refractivity (Wildman–Crippen MR) is 97.5 cm³/mol. The summed E-state index contributed by atoms with van der Waals surface area (Å²) in [5, 5.41) is 6.21. The van der Waals surface area contributed by atoms with E-state index in [4.69, 9.17) is 11.6 Å². The van der Waals surface area contributed by atoms with Gasteiger partial charge in [0, 0.05) is 11.6 Å². The van der Waals surface area contributed by atoms with Crippen molar-refractivity contribution < 1.29 is 9.59 Å². The van der Waals surface area contributed by atoms with Crippen molar-refractivity contribution in [1.82, 2.24) is 5.32 Å². The number of hydrogen-bond donors (Lipinski definition) is 2. The lowest BCUT2D eigenvalue weighted by Crippen LogP contribution is -2.26. The summed E-state index contributed by atoms with van der Waals surface area (Å²) in [7, 11) is 0. The van der Waals surface area contributed by atoms with Gasteiger partial charge in [-0.3, -0.25) is 9.59 Å². The minimum absolute atomic E-state index is 0.158. The second kappa shape index (κ2) is 9.08. The highest BCUT2D eigenvalue weighted by atomic mass is 35.5. The normalized spacial score (nSPS) is 10.2. The quantitative estimate of drug-likeness (QED) is 0.744. The molecule has 0 aliphatic rings. The molecule has 2 aromatic carbocycles. The van der Waals surface area contributed by atoms with Crippen LogP contribution in [-0.2, 0) is 11.2 Å². The number of carbonyl (C=O) groups is 2. The number of unbranched alkanes of at least 4 members (excludes halogenated alkanes) is 1. The van der Waals surface area contributed by atoms with E-state index in [9.17, 15) is 9.59 Å². The van der Waals surface area contributed by atoms with E-state index in [2.05, 4.69) is 17.6 Å². The lowest BCUT2D eigenvalue weighted by Gasteiger charge is -2.11. The van der Waals surface area contributed by atoms with Crippen LogP contribution in [0.2, 0.25) is 5.02 Å². The first kappa shape index (κ1) is 18.0. The molecule has 2 rings (SSSR count). The van der Waals surface area contributed by atoms with Gasteiger partial charge in [-0.1, -0.05) is 55.3 Å². The molecular formula is C19H21ClN2O2. The lowest BCUT2D eigenvalue weighted by atomic mass is 10.1. The highest BCUT2D eigenvalue weighted by Gasteiger charge is 2.13. The molecular weight excluding hydrogens is 324 g/mol. The Morgan fingerprint density at radius 1 is 1.04 bits per heavy atom. The van der Waals surface area contributed by atoms with Crippen LogP contribution < -0.4 is 10.6 Å². The predicted octanol–water partition coefficient (Wildman–Crippen LogP) is 4.05. The molecule has 2 amide bonds. The number of rotatable bonds is 7. The summed E-state index contributed by atoms with van der Waals surface area (Å²) < 4.78 is 0. The van der Waals surface area contributed by atoms with Crippen molar-refractivity contribution in [3.05, 3.63) is 64.7 Å². The van der Waals surface area contributed by atoms with Crippen molar-refractivity contribution in [3.63, 3.8) is 0 Å². The molecule has 0 aliphatic heterocycles. The molecule has 0 fully saturated rings. The van der Waals surface area contributed by atoms with Gasteiger partial charge in [-0.25, -0.2) is 0 Å². The SMILES string of the molecule is CCCCNC(=O)c1ccccc1NC(=O)Cc1ccccc1Cl. The van der Waals surface area contributed by atoms with Crippen LogP contribution in [0.15, 0.2) is 48.5 Å². The molecule has 0 unspecified atom stereocenters. The first-order chi connectivity index (χ1) is 11.6. The third kappa shape index (κ3) is 5.10. The van der Waals surface area contributed by atoms with Crippen LogP contribution in [0.5, 0.6) is 0 Å². The second-order valence-electron chi connectivity index (χ2n) is 5.47. The van der Waals surface area contributed by atoms with Crippen molar-refractivity contribution in [2.24, 2.45) is 0 Å². The molecule has 0 bridgehead atoms. The summed E-state index contributed by atoms with van der Waals surface area (Å²) in [6.45, 7) is 2.69. The molecule has 0 aromatic heterocycles. The summed E-state index contributed by atoms with van der Waals surface area (Å²) in [6, 6.07) is 14.2. The number of hydrogen-bond acceptors (Lipinski definition) is 2. The molecule has 2 aromatic rings. The first-order valence-corrected chi connectivity index (χ1v) is 8.40. The third-order valence-corrected chi connectivity index (χ3v) is 3.94. The standard InChI is InChI=1S/C19H21ClN2O2/c1-2-3-12-21-19(24)15-9-5-7-11-17(15)22-18(23)13-14-8-4-6-10-16(14)20/h4-11H,2-3,12-13H2,1H3,(H,21,24)(H,22,23). The summed E-state index contributed by atoms with van der Waals surface area (Å²) in [6.07, 6.45) is 2.09. The van der Waals surface area contributed by atoms with E-state index in [-0.39, 0.29) is 18.2 Å². The zero-order valence-corrected chi connectivity index (χ0v) is 14.4. The number of nitrogens with one attached hydrogen (secondary N) is 2. The molecule has 2 N–H and O–H groups in total. The fraction of sp³-hybridized carbons (Fsp3) is 0.263. The maximum atomic E-state index is 12.3. The molecule has 0 atom stereocenters. The van der Waals surface area contributed by atoms with E-state index < -0.39 is 0 Å². The smallest absolute Gasteiger partial charge is 0.253 e. The van der Waals surface area contributed by atoms with E-state index in [0.717, 1.165) is 18.4 Å². The Bertz CT molecular complexity index is 716. The lowest BCUT2D eigenvalue weighted by molar-refractivity contribution is -0.115. The van der Waals surface area contributed by atoms with Gasteiger partial charge >= 0.3 is 0 Å². The Balaban J connectivity index is 2.05. The second-order valence-corrected chi connectivity index (χ2v) is 5.88. The van der Waals surface area contributed by atoms with Crippen LogP contribution in [0.1, 0.15) is 35.7 Å². The Hall–Kier alpha value is -2.33. The van der Waals surface area contributed by atoms with Gasteiger partial charge in [-0.05, 0) is 30.2 Å². The van der Waals surface area contributed by atoms with Gasteiger partial charge < -0.3 is 10.6 Å². The zero-order valence-electron chi connectivity index (χ0n) is 13.6. The Morgan fingerprint density at radius 2 is 1.75 bits per heavy atom. The topological polar surface area (TPSA) is 58.2 Å². The molecule has 5 heteroatoms. The fourth-order valence-corrected chi connectivity index (χ4v) is 2.48. The van der Waals surface area contributed by atoms with Crippen molar-refractivity contribution in [2.75, 3.05) is 11.9 Å². The average Bonchev–Trinajstić information content (AvgIpc) is 2.57. The van der Waals surface area contributed by atoms with Gasteiger partial charge in [0.2, 0.25) is 5.91 Å². The van der Waals surface area contributed by atoms with Crippen LogP contribution in [0.25, 0.3) is 0 Å². The molecule has 0 saturated carbocycles. The molecule has 126 valence electrons. The molecule has 24 heavy (non-hydrogen) atoms. The van der Waals surface area contributed by atoms with Crippen LogP contribution in [0, 0.1) is 0 Å². The highest BCUT2D eigenvalue weighted by molar-refractivity contribution is 6.31. The first-order valence-electron chi connectivity index (χ1n) is 8.02. The largest absolute Gasteiger partial charge is 0.352 e. The van der Waals surface area contributed by atoms with Gasteiger partial charge in [-0.15, -0.1) is 0 Å². The molecule has 4 nitrogen and oxygen atoms in total. The summed E-state index contributed by atoms with van der Waals surface area (Å²) in [4.78, 5) is 24.5. The number of halogens is 1. The van der Waals surface area contributed by atoms with E-state index in [1.54, 1.807) is 30.3 Å². The average molecular weight is 345 g/mol. The van der Waals surface area contributed by atoms with E-state index >= 15 is 0 Å². The van der Waals surface area contributed by atoms with Crippen molar-refractivity contribution >= 4 is 29.1 Å². The van der Waals surface area contributed by atoms with Crippen molar-refractivity contribution in [1.29, 1.82) is 0 Å². The molecule has 0 heterocycles. The third-order valence-electron chi connectivity index (χ3n) is 3.57. The maximum Gasteiger partial charge on any atom is 0.253 e. The monoisotopic (exact) mass is 344 g/mol. The van der Waals surface area contributed by atoms with Crippen molar-refractivity contribution in [3.8, 4) is 0 Å². The summed E-state index contributed by atoms with van der Waals surface area (Å²) in [5.74, 6) is -0.394. The van der Waals surface area contributed by atoms with Gasteiger partial charge in [0.05, 0.1) is 17.7 Å². The van der Waals surface area contributed by atoms with E-state index in [1.165, 1.54) is 0 Å². The molecule has 0 spiro atoms. The van der Waals surface area contributed by atoms with E-state index in [0.29, 0.717) is 22.8 Å². The van der Waals surface area contributed by atoms with E-state index in [1.807, 2.05) is 18.2 Å². The van der Waals surface area contributed by atoms with Gasteiger partial charge in [0.15, 0.2) is 0 Å². The van der Waals surface area contributed by atoms with Gasteiger partial charge in [0.25, 0.3) is 5.91 Å². The van der Waals surface area contributed by atoms with Crippen LogP contribution in [0.4, 0.5) is 5.69 Å². The van der Waals surface area contributed by atoms with Crippen LogP contribution in [0.3, 0.4) is 0 Å². The van der Waals surface area contributed by atoms with Crippen molar-refractivity contribution in [2.45, 2.75) is 26.2 Å². The number of anilines is 1. The number of amides is 2. The molecule has 0 aliphatic carbocycles. The minimum atomic E-state index is -0.211. The Morgan fingerprint density at radius 3 is 2.50 bits per heavy atom. The van der Waals surface area contributed by atoms with Crippen LogP contribution >= 0.6 is 11.6 Å². The maximum absolute atomic E-state index is 12.3. The Labute approximate surface area is 147 Å². The fourth-order valence-electron chi connectivity index (χ4n) is 2.27. The Kier molecular flexibility index (Phi) is 6.82. The minimum Gasteiger partial charge on any atom is -0.352 e. The van der Waals surface area contributed by atoms with Gasteiger partial charge in [-0.2, -0.15) is 0 Å². The molecule has 0 radical (unpaired) electrons. The highest BCUT2D eigenvalue weighted by Crippen LogP contribution is 2.18. The molecule has 0 saturated heterocycles. The number of para-hydroxylation sites is 1. The zero-order chi connectivity index (χ0) is 17.4. The number of carbonyl (C=O) groups excluding carboxylic acids is 2. The van der Waals surface area contributed by atoms with Gasteiger partial charge in [0.1, 0.15) is 0 Å². The van der Waals surface area contributed by atoms with Crippen LogP contribution in [-0.4, -0.2) is 18.4 Å². The summed E-state index contributed by atoms with van der Waals surface area (Å²) >= 11 is 6.08.